The fraction of sp³-hybridized carbons (Fsp3) is 0.476. The summed E-state index contributed by atoms with van der Waals surface area (Å²) < 4.78 is 20.3. The second-order valence-electron chi connectivity index (χ2n) is 6.40. The van der Waals surface area contributed by atoms with Crippen molar-refractivity contribution in [1.29, 1.82) is 0 Å². The van der Waals surface area contributed by atoms with Crippen molar-refractivity contribution in [1.82, 2.24) is 5.01 Å². The fourth-order valence-electron chi connectivity index (χ4n) is 3.01. The summed E-state index contributed by atoms with van der Waals surface area (Å²) >= 11 is 0. The molecule has 10 nitrogen and oxygen atoms in total. The first kappa shape index (κ1) is 23.8. The van der Waals surface area contributed by atoms with Crippen LogP contribution < -0.4 is 0 Å². The SMILES string of the molecule is CCOC(=O)C[C@H]1C(C(=O)OCC)=NN(C(=O)OCc2ccccc2)[C@@H]1C(=O)OCC. The van der Waals surface area contributed by atoms with Crippen LogP contribution in [0.2, 0.25) is 0 Å². The lowest BCUT2D eigenvalue weighted by Crippen LogP contribution is -2.46. The third-order valence-electron chi connectivity index (χ3n) is 4.31. The van der Waals surface area contributed by atoms with Crippen molar-refractivity contribution in [2.45, 2.75) is 39.8 Å². The fourth-order valence-corrected chi connectivity index (χ4v) is 3.01. The van der Waals surface area contributed by atoms with Crippen LogP contribution in [0.15, 0.2) is 35.4 Å². The zero-order chi connectivity index (χ0) is 22.8. The van der Waals surface area contributed by atoms with E-state index >= 15 is 0 Å². The summed E-state index contributed by atoms with van der Waals surface area (Å²) in [6.07, 6.45) is -1.33. The predicted octanol–water partition coefficient (Wildman–Crippen LogP) is 2.06. The lowest BCUT2D eigenvalue weighted by atomic mass is 9.92. The van der Waals surface area contributed by atoms with Crippen molar-refractivity contribution in [3.63, 3.8) is 0 Å². The number of esters is 3. The van der Waals surface area contributed by atoms with Crippen LogP contribution in [-0.2, 0) is 39.9 Å². The second-order valence-corrected chi connectivity index (χ2v) is 6.40. The number of hydrazone groups is 1. The van der Waals surface area contributed by atoms with Gasteiger partial charge in [-0.2, -0.15) is 10.1 Å². The Morgan fingerprint density at radius 2 is 1.55 bits per heavy atom. The van der Waals surface area contributed by atoms with Crippen LogP contribution in [0, 0.1) is 5.92 Å². The average molecular weight is 434 g/mol. The Hall–Kier alpha value is -3.43. The smallest absolute Gasteiger partial charge is 0.431 e. The Morgan fingerprint density at radius 1 is 0.903 bits per heavy atom. The molecule has 1 heterocycles. The van der Waals surface area contributed by atoms with Crippen molar-refractivity contribution in [2.75, 3.05) is 19.8 Å². The highest BCUT2D eigenvalue weighted by atomic mass is 16.6. The third-order valence-corrected chi connectivity index (χ3v) is 4.31. The molecular formula is C21H26N2O8. The molecule has 10 heteroatoms. The first-order chi connectivity index (χ1) is 14.9. The zero-order valence-corrected chi connectivity index (χ0v) is 17.7. The highest BCUT2D eigenvalue weighted by molar-refractivity contribution is 6.39. The molecule has 1 aromatic rings. The Labute approximate surface area is 180 Å². The Morgan fingerprint density at radius 3 is 2.16 bits per heavy atom. The van der Waals surface area contributed by atoms with Gasteiger partial charge in [-0.05, 0) is 26.3 Å². The summed E-state index contributed by atoms with van der Waals surface area (Å²) in [4.78, 5) is 50.0. The number of carbonyl (C=O) groups is 4. The van der Waals surface area contributed by atoms with Crippen LogP contribution in [0.25, 0.3) is 0 Å². The molecule has 2 rings (SSSR count). The molecule has 31 heavy (non-hydrogen) atoms. The van der Waals surface area contributed by atoms with Crippen LogP contribution in [-0.4, -0.2) is 60.6 Å². The maximum absolute atomic E-state index is 12.7. The van der Waals surface area contributed by atoms with E-state index in [0.29, 0.717) is 0 Å². The minimum atomic E-state index is -1.37. The molecule has 0 spiro atoms. The van der Waals surface area contributed by atoms with E-state index in [-0.39, 0.29) is 38.6 Å². The molecule has 1 amide bonds. The number of benzene rings is 1. The number of nitrogens with zero attached hydrogens (tertiary/aromatic N) is 2. The Kier molecular flexibility index (Phi) is 8.98. The summed E-state index contributed by atoms with van der Waals surface area (Å²) in [5.74, 6) is -3.42. The quantitative estimate of drug-likeness (QED) is 0.428. The molecule has 0 saturated heterocycles. The number of hydrogen-bond acceptors (Lipinski definition) is 9. The lowest BCUT2D eigenvalue weighted by Gasteiger charge is -2.23. The number of ether oxygens (including phenoxy) is 4. The van der Waals surface area contributed by atoms with Crippen LogP contribution in [0.3, 0.4) is 0 Å². The van der Waals surface area contributed by atoms with E-state index in [0.717, 1.165) is 10.6 Å². The standard InChI is InChI=1S/C21H26N2O8/c1-4-28-16(24)12-15-17(19(25)29-5-2)22-23(18(15)20(26)30-6-3)21(27)31-13-14-10-8-7-9-11-14/h7-11,15,18H,4-6,12-13H2,1-3H3/t15-,18-/m0/s1. The molecule has 1 aliphatic heterocycles. The molecule has 0 fully saturated rings. The van der Waals surface area contributed by atoms with Gasteiger partial charge in [0.15, 0.2) is 11.8 Å². The topological polar surface area (TPSA) is 121 Å². The summed E-state index contributed by atoms with van der Waals surface area (Å²) in [6.45, 7) is 4.95. The van der Waals surface area contributed by atoms with E-state index in [2.05, 4.69) is 5.10 Å². The molecule has 1 aromatic carbocycles. The van der Waals surface area contributed by atoms with Gasteiger partial charge in [0.1, 0.15) is 6.61 Å². The first-order valence-corrected chi connectivity index (χ1v) is 10.0. The van der Waals surface area contributed by atoms with Crippen LogP contribution in [0.5, 0.6) is 0 Å². The van der Waals surface area contributed by atoms with E-state index in [4.69, 9.17) is 18.9 Å². The number of carbonyl (C=O) groups excluding carboxylic acids is 4. The molecule has 2 atom stereocenters. The van der Waals surface area contributed by atoms with Gasteiger partial charge in [0.2, 0.25) is 0 Å². The zero-order valence-electron chi connectivity index (χ0n) is 17.7. The molecule has 0 radical (unpaired) electrons. The van der Waals surface area contributed by atoms with Crippen molar-refractivity contribution < 1.29 is 38.1 Å². The van der Waals surface area contributed by atoms with Crippen molar-refractivity contribution in [3.05, 3.63) is 35.9 Å². The van der Waals surface area contributed by atoms with Gasteiger partial charge in [0.05, 0.1) is 32.2 Å². The monoisotopic (exact) mass is 434 g/mol. The van der Waals surface area contributed by atoms with Gasteiger partial charge in [0.25, 0.3) is 0 Å². The van der Waals surface area contributed by atoms with Gasteiger partial charge in [-0.25, -0.2) is 14.4 Å². The molecule has 0 aromatic heterocycles. The van der Waals surface area contributed by atoms with Crippen molar-refractivity contribution in [2.24, 2.45) is 11.0 Å². The Bertz CT molecular complexity index is 824. The minimum Gasteiger partial charge on any atom is -0.466 e. The molecule has 0 N–H and O–H groups in total. The molecule has 168 valence electrons. The minimum absolute atomic E-state index is 0.0309. The predicted molar refractivity (Wildman–Crippen MR) is 108 cm³/mol. The van der Waals surface area contributed by atoms with E-state index in [1.54, 1.807) is 45.0 Å². The van der Waals surface area contributed by atoms with E-state index < -0.39 is 36.0 Å². The molecule has 0 aliphatic carbocycles. The number of amides is 1. The lowest BCUT2D eigenvalue weighted by molar-refractivity contribution is -0.151. The summed E-state index contributed by atoms with van der Waals surface area (Å²) in [7, 11) is 0. The number of hydrogen-bond donors (Lipinski definition) is 0. The van der Waals surface area contributed by atoms with Gasteiger partial charge in [0, 0.05) is 0 Å². The van der Waals surface area contributed by atoms with E-state index in [1.165, 1.54) is 0 Å². The highest BCUT2D eigenvalue weighted by Gasteiger charge is 2.50. The van der Waals surface area contributed by atoms with Gasteiger partial charge in [-0.3, -0.25) is 4.79 Å². The summed E-state index contributed by atoms with van der Waals surface area (Å²) in [6, 6.07) is 7.54. The number of rotatable bonds is 9. The highest BCUT2D eigenvalue weighted by Crippen LogP contribution is 2.28. The van der Waals surface area contributed by atoms with E-state index in [1.807, 2.05) is 6.07 Å². The van der Waals surface area contributed by atoms with E-state index in [9.17, 15) is 19.2 Å². The van der Waals surface area contributed by atoms with Crippen LogP contribution in [0.1, 0.15) is 32.8 Å². The Balaban J connectivity index is 2.31. The second kappa shape index (κ2) is 11.7. The van der Waals surface area contributed by atoms with Crippen molar-refractivity contribution in [3.8, 4) is 0 Å². The molecule has 0 saturated carbocycles. The summed E-state index contributed by atoms with van der Waals surface area (Å²) in [5.41, 5.74) is 0.477. The van der Waals surface area contributed by atoms with Crippen LogP contribution in [0.4, 0.5) is 4.79 Å². The van der Waals surface area contributed by atoms with Crippen LogP contribution >= 0.6 is 0 Å². The van der Waals surface area contributed by atoms with Gasteiger partial charge < -0.3 is 18.9 Å². The summed E-state index contributed by atoms with van der Waals surface area (Å²) in [5, 5.41) is 4.72. The molecule has 0 bridgehead atoms. The third kappa shape index (κ3) is 6.27. The largest absolute Gasteiger partial charge is 0.466 e. The molecular weight excluding hydrogens is 408 g/mol. The molecule has 1 aliphatic rings. The van der Waals surface area contributed by atoms with Gasteiger partial charge >= 0.3 is 24.0 Å². The van der Waals surface area contributed by atoms with Gasteiger partial charge in [-0.1, -0.05) is 30.3 Å². The normalized spacial score (nSPS) is 17.5. The maximum Gasteiger partial charge on any atom is 0.431 e. The maximum atomic E-state index is 12.7. The van der Waals surface area contributed by atoms with Crippen molar-refractivity contribution >= 4 is 29.7 Å². The molecule has 0 unspecified atom stereocenters. The average Bonchev–Trinajstić information content (AvgIpc) is 3.12. The first-order valence-electron chi connectivity index (χ1n) is 10.0. The van der Waals surface area contributed by atoms with Gasteiger partial charge in [-0.15, -0.1) is 0 Å².